The van der Waals surface area contributed by atoms with E-state index in [2.05, 4.69) is 20.5 Å². The Bertz CT molecular complexity index is 816. The van der Waals surface area contributed by atoms with E-state index in [0.29, 0.717) is 38.8 Å². The Labute approximate surface area is 202 Å². The zero-order chi connectivity index (χ0) is 24.6. The highest BCUT2D eigenvalue weighted by Gasteiger charge is 2.49. The van der Waals surface area contributed by atoms with Gasteiger partial charge in [0, 0.05) is 37.5 Å². The van der Waals surface area contributed by atoms with Gasteiger partial charge in [-0.05, 0) is 63.7 Å². The molecule has 3 heterocycles. The number of amides is 2. The van der Waals surface area contributed by atoms with Gasteiger partial charge in [0.1, 0.15) is 0 Å². The van der Waals surface area contributed by atoms with E-state index in [0.717, 1.165) is 45.2 Å². The Balaban J connectivity index is 0.985. The van der Waals surface area contributed by atoms with Crippen LogP contribution in [0, 0.1) is 17.3 Å². The molecule has 3 unspecified atom stereocenters. The van der Waals surface area contributed by atoms with Gasteiger partial charge in [0.05, 0.1) is 24.8 Å². The van der Waals surface area contributed by atoms with Crippen molar-refractivity contribution < 1.29 is 32.2 Å². The standard InChI is InChI=1S/C23H34F3N5O4/c24-23(25,26)35-17-4-1-15(2-5-17)12-34-21(33)31-13-22(14-31)7-9-30(10-8-22)20(32)16-3-6-18-19(11-16)28-29-27-18/h15-19H,1-14H2,(H,27,28). The van der Waals surface area contributed by atoms with E-state index in [4.69, 9.17) is 4.74 Å². The molecule has 9 nitrogen and oxygen atoms in total. The highest BCUT2D eigenvalue weighted by molar-refractivity contribution is 5.79. The Hall–Kier alpha value is -2.11. The van der Waals surface area contributed by atoms with Crippen molar-refractivity contribution in [1.29, 1.82) is 0 Å². The molecule has 0 aromatic heterocycles. The van der Waals surface area contributed by atoms with Crippen molar-refractivity contribution in [3.63, 3.8) is 0 Å². The van der Waals surface area contributed by atoms with Crippen molar-refractivity contribution in [3.05, 3.63) is 0 Å². The van der Waals surface area contributed by atoms with Crippen LogP contribution in [-0.2, 0) is 14.3 Å². The van der Waals surface area contributed by atoms with E-state index < -0.39 is 12.5 Å². The number of piperidine rings is 1. The van der Waals surface area contributed by atoms with Gasteiger partial charge in [-0.1, -0.05) is 5.22 Å². The van der Waals surface area contributed by atoms with Gasteiger partial charge < -0.3 is 14.5 Å². The van der Waals surface area contributed by atoms with Gasteiger partial charge in [0.25, 0.3) is 0 Å². The number of carbonyl (C=O) groups excluding carboxylic acids is 2. The van der Waals surface area contributed by atoms with Crippen LogP contribution in [-0.4, -0.2) is 79.1 Å². The molecule has 2 amide bonds. The van der Waals surface area contributed by atoms with Crippen LogP contribution in [0.3, 0.4) is 0 Å². The van der Waals surface area contributed by atoms with Crippen LogP contribution in [0.25, 0.3) is 0 Å². The fourth-order valence-corrected chi connectivity index (χ4v) is 6.39. The molecule has 3 atom stereocenters. The largest absolute Gasteiger partial charge is 0.522 e. The van der Waals surface area contributed by atoms with E-state index in [1.54, 1.807) is 4.90 Å². The smallest absolute Gasteiger partial charge is 0.449 e. The molecule has 196 valence electrons. The van der Waals surface area contributed by atoms with Crippen molar-refractivity contribution in [1.82, 2.24) is 15.2 Å². The Morgan fingerprint density at radius 2 is 1.71 bits per heavy atom. The molecule has 0 aromatic carbocycles. The third-order valence-corrected chi connectivity index (χ3v) is 8.58. The van der Waals surface area contributed by atoms with Crippen molar-refractivity contribution in [3.8, 4) is 0 Å². The summed E-state index contributed by atoms with van der Waals surface area (Å²) in [5, 5.41) is 8.09. The molecule has 4 fully saturated rings. The van der Waals surface area contributed by atoms with Crippen molar-refractivity contribution in [2.24, 2.45) is 27.6 Å². The lowest BCUT2D eigenvalue weighted by Gasteiger charge is -2.53. The number of carbonyl (C=O) groups is 2. The number of nitrogens with one attached hydrogen (secondary N) is 1. The minimum Gasteiger partial charge on any atom is -0.449 e. The molecule has 1 spiro atoms. The topological polar surface area (TPSA) is 95.8 Å². The molecule has 2 saturated heterocycles. The third-order valence-electron chi connectivity index (χ3n) is 8.58. The van der Waals surface area contributed by atoms with Gasteiger partial charge in [0.2, 0.25) is 5.91 Å². The summed E-state index contributed by atoms with van der Waals surface area (Å²) in [6, 6.07) is 0.395. The van der Waals surface area contributed by atoms with Gasteiger partial charge in [-0.25, -0.2) is 4.79 Å². The van der Waals surface area contributed by atoms with Crippen LogP contribution in [0.1, 0.15) is 57.8 Å². The van der Waals surface area contributed by atoms with Gasteiger partial charge in [0.15, 0.2) is 0 Å². The average Bonchev–Trinajstić information content (AvgIpc) is 3.28. The molecule has 0 bridgehead atoms. The van der Waals surface area contributed by atoms with Crippen LogP contribution in [0.4, 0.5) is 18.0 Å². The highest BCUT2D eigenvalue weighted by atomic mass is 19.4. The van der Waals surface area contributed by atoms with E-state index >= 15 is 0 Å². The van der Waals surface area contributed by atoms with Crippen molar-refractivity contribution in [2.45, 2.75) is 82.3 Å². The highest BCUT2D eigenvalue weighted by Crippen LogP contribution is 2.42. The van der Waals surface area contributed by atoms with Crippen LogP contribution in [0.2, 0.25) is 0 Å². The molecule has 1 N–H and O–H groups in total. The first-order valence-electron chi connectivity index (χ1n) is 12.8. The van der Waals surface area contributed by atoms with Crippen LogP contribution in [0.5, 0.6) is 0 Å². The number of hydrogen-bond donors (Lipinski definition) is 1. The molecule has 2 saturated carbocycles. The molecule has 0 radical (unpaired) electrons. The van der Waals surface area contributed by atoms with E-state index in [9.17, 15) is 22.8 Å². The minimum atomic E-state index is -4.60. The maximum Gasteiger partial charge on any atom is 0.522 e. The number of halogens is 3. The first-order valence-corrected chi connectivity index (χ1v) is 12.8. The normalized spacial score (nSPS) is 34.2. The van der Waals surface area contributed by atoms with Crippen molar-refractivity contribution >= 4 is 12.0 Å². The maximum atomic E-state index is 13.0. The molecular formula is C23H34F3N5O4. The Morgan fingerprint density at radius 1 is 1.00 bits per heavy atom. The molecule has 2 aliphatic carbocycles. The first-order chi connectivity index (χ1) is 16.7. The van der Waals surface area contributed by atoms with Gasteiger partial charge in [-0.3, -0.25) is 15.0 Å². The summed E-state index contributed by atoms with van der Waals surface area (Å²) in [5.74, 6) is 0.343. The quantitative estimate of drug-likeness (QED) is 0.635. The average molecular weight is 502 g/mol. The predicted octanol–water partition coefficient (Wildman–Crippen LogP) is 3.65. The maximum absolute atomic E-state index is 13.0. The second-order valence-corrected chi connectivity index (χ2v) is 11.0. The third kappa shape index (κ3) is 5.67. The Morgan fingerprint density at radius 3 is 2.40 bits per heavy atom. The minimum absolute atomic E-state index is 0.0317. The van der Waals surface area contributed by atoms with Crippen LogP contribution < -0.4 is 5.43 Å². The molecule has 0 aromatic rings. The van der Waals surface area contributed by atoms with Crippen LogP contribution >= 0.6 is 0 Å². The number of rotatable bonds is 4. The van der Waals surface area contributed by atoms with Gasteiger partial charge in [-0.15, -0.1) is 13.2 Å². The molecule has 35 heavy (non-hydrogen) atoms. The summed E-state index contributed by atoms with van der Waals surface area (Å²) >= 11 is 0. The summed E-state index contributed by atoms with van der Waals surface area (Å²) < 4.78 is 46.6. The zero-order valence-corrected chi connectivity index (χ0v) is 19.8. The van der Waals surface area contributed by atoms with E-state index in [1.807, 2.05) is 4.90 Å². The summed E-state index contributed by atoms with van der Waals surface area (Å²) in [4.78, 5) is 29.2. The molecule has 5 aliphatic rings. The zero-order valence-electron chi connectivity index (χ0n) is 19.8. The molecule has 12 heteroatoms. The Kier molecular flexibility index (Phi) is 6.84. The lowest BCUT2D eigenvalue weighted by Crippen LogP contribution is -2.62. The number of fused-ring (bicyclic) bond motifs is 1. The summed E-state index contributed by atoms with van der Waals surface area (Å²) in [6.45, 7) is 2.96. The number of likely N-dealkylation sites (tertiary alicyclic amines) is 2. The molecule has 3 aliphatic heterocycles. The second-order valence-electron chi connectivity index (χ2n) is 11.0. The number of alkyl halides is 3. The SMILES string of the molecule is O=C(OCC1CCC(OC(F)(F)F)CC1)N1CC2(CCN(C(=O)C3CCC4N=NNC4C3)CC2)C1. The summed E-state index contributed by atoms with van der Waals surface area (Å²) in [6.07, 6.45) is 0.340. The van der Waals surface area contributed by atoms with Crippen molar-refractivity contribution in [2.75, 3.05) is 32.8 Å². The fourth-order valence-electron chi connectivity index (χ4n) is 6.39. The fraction of sp³-hybridized carbons (Fsp3) is 0.913. The van der Waals surface area contributed by atoms with Gasteiger partial charge >= 0.3 is 12.5 Å². The second kappa shape index (κ2) is 9.74. The van der Waals surface area contributed by atoms with E-state index in [1.165, 1.54) is 0 Å². The molecular weight excluding hydrogens is 467 g/mol. The number of hydrogen-bond acceptors (Lipinski definition) is 7. The lowest BCUT2D eigenvalue weighted by atomic mass is 9.72. The van der Waals surface area contributed by atoms with E-state index in [-0.39, 0.29) is 47.9 Å². The molecule has 5 rings (SSSR count). The monoisotopic (exact) mass is 501 g/mol. The first kappa shape index (κ1) is 24.6. The summed E-state index contributed by atoms with van der Waals surface area (Å²) in [7, 11) is 0. The number of ether oxygens (including phenoxy) is 2. The lowest BCUT2D eigenvalue weighted by molar-refractivity contribution is -0.345. The van der Waals surface area contributed by atoms with Gasteiger partial charge in [-0.2, -0.15) is 5.11 Å². The summed E-state index contributed by atoms with van der Waals surface area (Å²) in [5.41, 5.74) is 3.09. The van der Waals surface area contributed by atoms with Crippen LogP contribution in [0.15, 0.2) is 10.3 Å². The predicted molar refractivity (Wildman–Crippen MR) is 117 cm³/mol. The number of nitrogens with zero attached hydrogens (tertiary/aromatic N) is 4.